The first-order chi connectivity index (χ1) is 27.7. The molecule has 3 atom stereocenters. The summed E-state index contributed by atoms with van der Waals surface area (Å²) in [7, 11) is 0. The van der Waals surface area contributed by atoms with Crippen molar-refractivity contribution < 1.29 is 24.2 Å². The van der Waals surface area contributed by atoms with Gasteiger partial charge in [0, 0.05) is 55.4 Å². The highest BCUT2D eigenvalue weighted by Gasteiger charge is 2.37. The van der Waals surface area contributed by atoms with Crippen molar-refractivity contribution in [1.29, 1.82) is 0 Å². The van der Waals surface area contributed by atoms with Gasteiger partial charge in [-0.1, -0.05) is 59.6 Å². The summed E-state index contributed by atoms with van der Waals surface area (Å²) in [4.78, 5) is 51.1. The maximum absolute atomic E-state index is 13.1. The Labute approximate surface area is 340 Å². The van der Waals surface area contributed by atoms with Crippen LogP contribution in [0.5, 0.6) is 0 Å². The molecule has 2 aromatic carbocycles. The number of carboxylic acid groups (broad SMARTS) is 1. The van der Waals surface area contributed by atoms with Gasteiger partial charge in [0.15, 0.2) is 0 Å². The van der Waals surface area contributed by atoms with Crippen LogP contribution >= 0.6 is 11.6 Å². The Morgan fingerprint density at radius 1 is 0.930 bits per heavy atom. The first-order valence-corrected chi connectivity index (χ1v) is 20.7. The average molecular weight is 790 g/mol. The lowest BCUT2D eigenvalue weighted by Crippen LogP contribution is -2.53. The average Bonchev–Trinajstić information content (AvgIpc) is 3.66. The number of esters is 1. The normalized spacial score (nSPS) is 18.0. The second-order valence-corrected chi connectivity index (χ2v) is 16.0. The van der Waals surface area contributed by atoms with Crippen LogP contribution in [0.25, 0.3) is 5.57 Å². The van der Waals surface area contributed by atoms with E-state index in [4.69, 9.17) is 21.3 Å². The van der Waals surface area contributed by atoms with Crippen molar-refractivity contribution in [1.82, 2.24) is 25.1 Å². The molecule has 10 nitrogen and oxygen atoms in total. The fourth-order valence-electron chi connectivity index (χ4n) is 8.64. The van der Waals surface area contributed by atoms with E-state index in [-0.39, 0.29) is 12.5 Å². The highest BCUT2D eigenvalue weighted by Crippen LogP contribution is 2.38. The van der Waals surface area contributed by atoms with Crippen LogP contribution in [0.4, 0.5) is 0 Å². The van der Waals surface area contributed by atoms with E-state index in [1.54, 1.807) is 13.8 Å². The van der Waals surface area contributed by atoms with Crippen molar-refractivity contribution in [3.8, 4) is 0 Å². The number of rotatable bonds is 13. The zero-order valence-corrected chi connectivity index (χ0v) is 33.6. The number of ether oxygens (including phenoxy) is 1. The van der Waals surface area contributed by atoms with Crippen molar-refractivity contribution in [2.75, 3.05) is 26.2 Å². The highest BCUT2D eigenvalue weighted by atomic mass is 35.5. The van der Waals surface area contributed by atoms with Crippen LogP contribution in [0.1, 0.15) is 90.6 Å². The molecule has 1 amide bonds. The molecule has 0 saturated carbocycles. The second kappa shape index (κ2) is 18.6. The van der Waals surface area contributed by atoms with Crippen LogP contribution in [0.2, 0.25) is 5.02 Å². The van der Waals surface area contributed by atoms with Gasteiger partial charge in [-0.3, -0.25) is 29.8 Å². The summed E-state index contributed by atoms with van der Waals surface area (Å²) in [5.74, 6) is -1.73. The van der Waals surface area contributed by atoms with E-state index in [2.05, 4.69) is 63.7 Å². The van der Waals surface area contributed by atoms with E-state index in [9.17, 15) is 19.5 Å². The monoisotopic (exact) mass is 789 g/mol. The number of carbonyl (C=O) groups is 3. The van der Waals surface area contributed by atoms with E-state index >= 15 is 0 Å². The number of amides is 1. The van der Waals surface area contributed by atoms with Crippen LogP contribution in [0, 0.1) is 0 Å². The summed E-state index contributed by atoms with van der Waals surface area (Å²) in [5.41, 5.74) is 12.4. The van der Waals surface area contributed by atoms with E-state index in [0.29, 0.717) is 32.2 Å². The van der Waals surface area contributed by atoms with Crippen LogP contribution < -0.4 is 5.32 Å². The van der Waals surface area contributed by atoms with Crippen molar-refractivity contribution >= 4 is 35.0 Å². The zero-order chi connectivity index (χ0) is 39.9. The predicted octanol–water partition coefficient (Wildman–Crippen LogP) is 6.84. The van der Waals surface area contributed by atoms with Gasteiger partial charge in [-0.15, -0.1) is 0 Å². The van der Waals surface area contributed by atoms with Crippen LogP contribution in [0.15, 0.2) is 84.8 Å². The van der Waals surface area contributed by atoms with E-state index < -0.39 is 30.1 Å². The Bertz CT molecular complexity index is 2110. The topological polar surface area (TPSA) is 125 Å². The maximum atomic E-state index is 13.1. The number of carboxylic acids is 1. The number of hydrogen-bond donors (Lipinski definition) is 2. The number of nitrogens with one attached hydrogen (secondary N) is 1. The standard InChI is InChI=1S/C46H52ClN5O5/c1-3-57-46(56)40(50-30(2)44(53)52-21-5-7-41(52)45(54)55)17-12-31-8-10-32(11-9-31)24-33-25-34(28-48-27-33)29-51-22-18-35(19-23-51)42-39-16-15-38(47)26-37(39)14-13-36-6-4-20-49-43(36)42/h4,6,8-11,15-16,20,25-28,30,40-41,50H,3,5,7,12-14,17-19,21-24,29H2,1-2H3,(H,54,55)/t30-,40?,41?/m0/s1. The molecule has 0 bridgehead atoms. The van der Waals surface area contributed by atoms with Crippen molar-refractivity contribution in [2.45, 2.75) is 96.3 Å². The number of aryl methyl sites for hydroxylation is 3. The highest BCUT2D eigenvalue weighted by molar-refractivity contribution is 6.30. The van der Waals surface area contributed by atoms with E-state index in [0.717, 1.165) is 73.6 Å². The number of aliphatic carboxylic acids is 1. The van der Waals surface area contributed by atoms with Gasteiger partial charge in [0.1, 0.15) is 12.1 Å². The molecule has 7 rings (SSSR count). The quantitative estimate of drug-likeness (QED) is 0.140. The lowest BCUT2D eigenvalue weighted by atomic mass is 9.88. The van der Waals surface area contributed by atoms with Gasteiger partial charge in [0.25, 0.3) is 0 Å². The minimum atomic E-state index is -0.999. The van der Waals surface area contributed by atoms with E-state index in [1.807, 2.05) is 30.7 Å². The fraction of sp³-hybridized carbons (Fsp3) is 0.413. The van der Waals surface area contributed by atoms with Gasteiger partial charge < -0.3 is 14.7 Å². The van der Waals surface area contributed by atoms with Gasteiger partial charge in [-0.2, -0.15) is 0 Å². The van der Waals surface area contributed by atoms with Gasteiger partial charge in [0.05, 0.1) is 18.3 Å². The number of hydrogen-bond acceptors (Lipinski definition) is 8. The molecule has 4 heterocycles. The lowest BCUT2D eigenvalue weighted by molar-refractivity contribution is -0.150. The van der Waals surface area contributed by atoms with Gasteiger partial charge in [0.2, 0.25) is 5.91 Å². The van der Waals surface area contributed by atoms with E-state index in [1.165, 1.54) is 43.9 Å². The van der Waals surface area contributed by atoms with Crippen LogP contribution in [-0.4, -0.2) is 87.1 Å². The Morgan fingerprint density at radius 3 is 2.46 bits per heavy atom. The minimum Gasteiger partial charge on any atom is -0.480 e. The fourth-order valence-corrected chi connectivity index (χ4v) is 8.83. The Morgan fingerprint density at radius 2 is 1.68 bits per heavy atom. The predicted molar refractivity (Wildman–Crippen MR) is 221 cm³/mol. The molecule has 2 N–H and O–H groups in total. The molecule has 2 unspecified atom stereocenters. The first-order valence-electron chi connectivity index (χ1n) is 20.3. The third-order valence-corrected chi connectivity index (χ3v) is 11.8. The number of pyridine rings is 2. The van der Waals surface area contributed by atoms with Gasteiger partial charge in [-0.05, 0) is 129 Å². The van der Waals surface area contributed by atoms with Crippen molar-refractivity contribution in [2.24, 2.45) is 0 Å². The van der Waals surface area contributed by atoms with Crippen LogP contribution in [-0.2, 0) is 51.3 Å². The number of halogens is 1. The molecule has 2 aromatic heterocycles. The molecule has 4 aromatic rings. The zero-order valence-electron chi connectivity index (χ0n) is 32.9. The number of aromatic nitrogens is 2. The van der Waals surface area contributed by atoms with Gasteiger partial charge in [-0.25, -0.2) is 4.79 Å². The minimum absolute atomic E-state index is 0.230. The third kappa shape index (κ3) is 9.80. The first kappa shape index (κ1) is 40.3. The molecule has 11 heteroatoms. The third-order valence-electron chi connectivity index (χ3n) is 11.6. The summed E-state index contributed by atoms with van der Waals surface area (Å²) < 4.78 is 5.32. The molecule has 2 saturated heterocycles. The molecule has 2 fully saturated rings. The molecule has 1 aliphatic carbocycles. The smallest absolute Gasteiger partial charge is 0.326 e. The summed E-state index contributed by atoms with van der Waals surface area (Å²) in [6.45, 7) is 6.86. The van der Waals surface area contributed by atoms with Crippen molar-refractivity contribution in [3.05, 3.63) is 134 Å². The Balaban J connectivity index is 0.943. The molecule has 57 heavy (non-hydrogen) atoms. The number of benzene rings is 2. The molecule has 0 radical (unpaired) electrons. The molecule has 3 aliphatic rings. The summed E-state index contributed by atoms with van der Waals surface area (Å²) >= 11 is 6.44. The summed E-state index contributed by atoms with van der Waals surface area (Å²) in [6.07, 6.45) is 12.6. The maximum Gasteiger partial charge on any atom is 0.326 e. The molecule has 298 valence electrons. The number of fused-ring (bicyclic) bond motifs is 2. The van der Waals surface area contributed by atoms with Crippen LogP contribution in [0.3, 0.4) is 0 Å². The molecule has 2 aliphatic heterocycles. The molecular weight excluding hydrogens is 738 g/mol. The SMILES string of the molecule is CCOC(=O)C(CCc1ccc(Cc2cncc(CN3CCC(=C4c5ccc(Cl)cc5CCc5cccnc54)CC3)c2)cc1)N[C@@H](C)C(=O)N1CCCC1C(=O)O. The van der Waals surface area contributed by atoms with Crippen molar-refractivity contribution in [3.63, 3.8) is 0 Å². The second-order valence-electron chi connectivity index (χ2n) is 15.5. The Hall–Kier alpha value is -4.90. The number of likely N-dealkylation sites (tertiary alicyclic amines) is 2. The summed E-state index contributed by atoms with van der Waals surface area (Å²) in [6, 6.07) is 19.0. The number of nitrogens with zero attached hydrogens (tertiary/aromatic N) is 4. The van der Waals surface area contributed by atoms with Gasteiger partial charge >= 0.3 is 11.9 Å². The Kier molecular flexibility index (Phi) is 13.1. The molecular formula is C46H52ClN5O5. The molecule has 0 spiro atoms. The summed E-state index contributed by atoms with van der Waals surface area (Å²) in [5, 5.41) is 13.5. The largest absolute Gasteiger partial charge is 0.480 e. The lowest BCUT2D eigenvalue weighted by Gasteiger charge is -2.30. The number of piperidine rings is 1. The number of carbonyl (C=O) groups excluding carboxylic acids is 2.